The molecule has 3 rings (SSSR count). The van der Waals surface area contributed by atoms with Crippen molar-refractivity contribution in [3.8, 4) is 0 Å². The van der Waals surface area contributed by atoms with Gasteiger partial charge in [0.2, 0.25) is 5.91 Å². The molecule has 2 aliphatic rings. The molecule has 1 heterocycles. The van der Waals surface area contributed by atoms with E-state index in [2.05, 4.69) is 12.1 Å². The van der Waals surface area contributed by atoms with Gasteiger partial charge in [-0.3, -0.25) is 4.79 Å². The highest BCUT2D eigenvalue weighted by atomic mass is 16.6. The number of piperazine rings is 1. The quantitative estimate of drug-likeness (QED) is 0.828. The molecule has 136 valence electrons. The van der Waals surface area contributed by atoms with Gasteiger partial charge < -0.3 is 14.5 Å². The number of amides is 2. The predicted octanol–water partition coefficient (Wildman–Crippen LogP) is 3.19. The summed E-state index contributed by atoms with van der Waals surface area (Å²) < 4.78 is 5.43. The monoisotopic (exact) mass is 344 g/mol. The van der Waals surface area contributed by atoms with E-state index in [1.54, 1.807) is 4.90 Å². The molecule has 0 bridgehead atoms. The average molecular weight is 344 g/mol. The van der Waals surface area contributed by atoms with Gasteiger partial charge in [0, 0.05) is 26.2 Å². The lowest BCUT2D eigenvalue weighted by Crippen LogP contribution is -2.57. The zero-order chi connectivity index (χ0) is 18.1. The van der Waals surface area contributed by atoms with Crippen LogP contribution in [0.2, 0.25) is 0 Å². The van der Waals surface area contributed by atoms with E-state index >= 15 is 0 Å². The van der Waals surface area contributed by atoms with Crippen LogP contribution in [0.1, 0.15) is 45.6 Å². The van der Waals surface area contributed by atoms with Gasteiger partial charge >= 0.3 is 6.09 Å². The van der Waals surface area contributed by atoms with Crippen molar-refractivity contribution in [2.24, 2.45) is 0 Å². The Labute approximate surface area is 149 Å². The molecule has 1 saturated heterocycles. The summed E-state index contributed by atoms with van der Waals surface area (Å²) in [6.07, 6.45) is 2.64. The Hall–Kier alpha value is -2.04. The van der Waals surface area contributed by atoms with Crippen LogP contribution in [-0.4, -0.2) is 53.6 Å². The summed E-state index contributed by atoms with van der Waals surface area (Å²) in [5.41, 5.74) is 0.281. The van der Waals surface area contributed by atoms with Crippen LogP contribution in [0.25, 0.3) is 0 Å². The number of rotatable bonds is 2. The molecule has 1 aromatic rings. The van der Waals surface area contributed by atoms with Crippen molar-refractivity contribution in [1.82, 2.24) is 9.80 Å². The molecule has 5 nitrogen and oxygen atoms in total. The normalized spacial score (nSPS) is 20.0. The molecule has 25 heavy (non-hydrogen) atoms. The summed E-state index contributed by atoms with van der Waals surface area (Å²) in [4.78, 5) is 29.0. The van der Waals surface area contributed by atoms with Gasteiger partial charge in [0.1, 0.15) is 5.60 Å². The van der Waals surface area contributed by atoms with Gasteiger partial charge in [0.25, 0.3) is 0 Å². The van der Waals surface area contributed by atoms with E-state index in [1.165, 1.54) is 0 Å². The Kier molecular flexibility index (Phi) is 4.76. The van der Waals surface area contributed by atoms with Crippen molar-refractivity contribution in [2.45, 2.75) is 51.0 Å². The Bertz CT molecular complexity index is 624. The number of hydrogen-bond acceptors (Lipinski definition) is 3. The third-order valence-electron chi connectivity index (χ3n) is 5.16. The summed E-state index contributed by atoms with van der Waals surface area (Å²) in [5.74, 6) is 0.216. The van der Waals surface area contributed by atoms with Crippen LogP contribution >= 0.6 is 0 Å². The minimum absolute atomic E-state index is 0.216. The predicted molar refractivity (Wildman–Crippen MR) is 96.4 cm³/mol. The first kappa shape index (κ1) is 17.8. The molecule has 0 aromatic heterocycles. The maximum atomic E-state index is 13.2. The number of benzene rings is 1. The molecule has 0 spiro atoms. The van der Waals surface area contributed by atoms with Gasteiger partial charge in [-0.15, -0.1) is 0 Å². The molecule has 1 aromatic carbocycles. The van der Waals surface area contributed by atoms with Gasteiger partial charge in [0.05, 0.1) is 5.41 Å². The van der Waals surface area contributed by atoms with Gasteiger partial charge in [-0.05, 0) is 39.2 Å². The number of ether oxygens (including phenoxy) is 1. The Morgan fingerprint density at radius 2 is 1.52 bits per heavy atom. The van der Waals surface area contributed by atoms with Crippen LogP contribution in [0, 0.1) is 0 Å². The lowest BCUT2D eigenvalue weighted by atomic mass is 9.63. The van der Waals surface area contributed by atoms with E-state index in [4.69, 9.17) is 4.74 Å². The second kappa shape index (κ2) is 6.70. The van der Waals surface area contributed by atoms with Crippen molar-refractivity contribution >= 4 is 12.0 Å². The van der Waals surface area contributed by atoms with E-state index in [0.717, 1.165) is 24.8 Å². The van der Waals surface area contributed by atoms with Crippen LogP contribution < -0.4 is 0 Å². The molecule has 2 fully saturated rings. The second-order valence-electron chi connectivity index (χ2n) is 8.06. The Balaban J connectivity index is 1.63. The van der Waals surface area contributed by atoms with Crippen LogP contribution in [-0.2, 0) is 14.9 Å². The van der Waals surface area contributed by atoms with Gasteiger partial charge in [-0.1, -0.05) is 36.8 Å². The minimum Gasteiger partial charge on any atom is -0.444 e. The van der Waals surface area contributed by atoms with E-state index in [1.807, 2.05) is 43.9 Å². The second-order valence-corrected chi connectivity index (χ2v) is 8.06. The van der Waals surface area contributed by atoms with Gasteiger partial charge in [-0.2, -0.15) is 0 Å². The molecule has 2 amide bonds. The molecule has 0 unspecified atom stereocenters. The highest BCUT2D eigenvalue weighted by Crippen LogP contribution is 2.45. The van der Waals surface area contributed by atoms with E-state index in [9.17, 15) is 9.59 Å². The third kappa shape index (κ3) is 3.65. The number of nitrogens with zero attached hydrogens (tertiary/aromatic N) is 2. The molecular formula is C20H28N2O3. The number of carbonyl (C=O) groups is 2. The zero-order valence-corrected chi connectivity index (χ0v) is 15.5. The Morgan fingerprint density at radius 3 is 2.00 bits per heavy atom. The third-order valence-corrected chi connectivity index (χ3v) is 5.16. The molecule has 0 N–H and O–H groups in total. The van der Waals surface area contributed by atoms with Crippen molar-refractivity contribution in [1.29, 1.82) is 0 Å². The maximum Gasteiger partial charge on any atom is 0.410 e. The smallest absolute Gasteiger partial charge is 0.410 e. The SMILES string of the molecule is CC(C)(C)OC(=O)N1CCN(C(=O)C2(c3ccccc3)CCC2)CC1. The standard InChI is InChI=1S/C20H28N2O3/c1-19(2,3)25-18(24)22-14-12-21(13-15-22)17(23)20(10-7-11-20)16-8-5-4-6-9-16/h4-6,8-9H,7,10-15H2,1-3H3. The molecular weight excluding hydrogens is 316 g/mol. The van der Waals surface area contributed by atoms with E-state index in [0.29, 0.717) is 26.2 Å². The largest absolute Gasteiger partial charge is 0.444 e. The Morgan fingerprint density at radius 1 is 0.960 bits per heavy atom. The highest BCUT2D eigenvalue weighted by molar-refractivity contribution is 5.89. The van der Waals surface area contributed by atoms with Crippen LogP contribution in [0.5, 0.6) is 0 Å². The minimum atomic E-state index is -0.493. The highest BCUT2D eigenvalue weighted by Gasteiger charge is 2.48. The van der Waals surface area contributed by atoms with Crippen molar-refractivity contribution in [3.63, 3.8) is 0 Å². The van der Waals surface area contributed by atoms with E-state index < -0.39 is 5.60 Å². The lowest BCUT2D eigenvalue weighted by molar-refractivity contribution is -0.142. The first-order chi connectivity index (χ1) is 11.8. The van der Waals surface area contributed by atoms with Crippen LogP contribution in [0.15, 0.2) is 30.3 Å². The summed E-state index contributed by atoms with van der Waals surface area (Å²) >= 11 is 0. The van der Waals surface area contributed by atoms with Crippen molar-refractivity contribution in [3.05, 3.63) is 35.9 Å². The fourth-order valence-electron chi connectivity index (χ4n) is 3.63. The summed E-state index contributed by atoms with van der Waals surface area (Å²) in [5, 5.41) is 0. The number of carbonyl (C=O) groups excluding carboxylic acids is 2. The van der Waals surface area contributed by atoms with Gasteiger partial charge in [-0.25, -0.2) is 4.79 Å². The van der Waals surface area contributed by atoms with E-state index in [-0.39, 0.29) is 17.4 Å². The van der Waals surface area contributed by atoms with Gasteiger partial charge in [0.15, 0.2) is 0 Å². The van der Waals surface area contributed by atoms with Crippen molar-refractivity contribution < 1.29 is 14.3 Å². The molecule has 0 radical (unpaired) electrons. The number of hydrogen-bond donors (Lipinski definition) is 0. The summed E-state index contributed by atoms with van der Waals surface area (Å²) in [6, 6.07) is 10.1. The molecule has 1 saturated carbocycles. The fourth-order valence-corrected chi connectivity index (χ4v) is 3.63. The fraction of sp³-hybridized carbons (Fsp3) is 0.600. The molecule has 0 atom stereocenters. The summed E-state index contributed by atoms with van der Waals surface area (Å²) in [6.45, 7) is 7.82. The molecule has 5 heteroatoms. The van der Waals surface area contributed by atoms with Crippen molar-refractivity contribution in [2.75, 3.05) is 26.2 Å². The first-order valence-electron chi connectivity index (χ1n) is 9.15. The summed E-state index contributed by atoms with van der Waals surface area (Å²) in [7, 11) is 0. The topological polar surface area (TPSA) is 49.9 Å². The van der Waals surface area contributed by atoms with Crippen LogP contribution in [0.3, 0.4) is 0 Å². The van der Waals surface area contributed by atoms with Crippen LogP contribution in [0.4, 0.5) is 4.79 Å². The average Bonchev–Trinajstić information content (AvgIpc) is 2.53. The molecule has 1 aliphatic heterocycles. The maximum absolute atomic E-state index is 13.2. The zero-order valence-electron chi connectivity index (χ0n) is 15.5. The lowest BCUT2D eigenvalue weighted by Gasteiger charge is -2.46. The first-order valence-corrected chi connectivity index (χ1v) is 9.15. The molecule has 1 aliphatic carbocycles.